The average molecular weight is 509 g/mol. The number of carbonyl (C=O) groups excluding carboxylic acids is 1. The molecule has 0 bridgehead atoms. The van der Waals surface area contributed by atoms with Crippen molar-refractivity contribution < 1.29 is 9.72 Å². The molecule has 1 atom stereocenters. The van der Waals surface area contributed by atoms with E-state index in [1.807, 2.05) is 32.0 Å². The summed E-state index contributed by atoms with van der Waals surface area (Å²) in [4.78, 5) is 41.7. The van der Waals surface area contributed by atoms with E-state index in [0.29, 0.717) is 21.7 Å². The van der Waals surface area contributed by atoms with E-state index in [0.717, 1.165) is 22.9 Å². The summed E-state index contributed by atoms with van der Waals surface area (Å²) in [6.45, 7) is 5.56. The molecule has 0 radical (unpaired) electrons. The number of benzene rings is 3. The molecule has 0 spiro atoms. The van der Waals surface area contributed by atoms with E-state index >= 15 is 0 Å². The van der Waals surface area contributed by atoms with E-state index in [4.69, 9.17) is 16.6 Å². The number of hydrogen-bond donors (Lipinski definition) is 1. The van der Waals surface area contributed by atoms with Crippen molar-refractivity contribution in [1.82, 2.24) is 9.55 Å². The summed E-state index contributed by atoms with van der Waals surface area (Å²) in [5, 5.41) is 14.0. The topological polar surface area (TPSA) is 107 Å². The maximum atomic E-state index is 13.5. The number of nitro groups is 1. The third-order valence-corrected chi connectivity index (χ3v) is 7.01. The second kappa shape index (κ2) is 9.89. The Labute approximate surface area is 210 Å². The van der Waals surface area contributed by atoms with Crippen LogP contribution in [0, 0.1) is 24.0 Å². The van der Waals surface area contributed by atoms with Crippen molar-refractivity contribution in [3.63, 3.8) is 0 Å². The molecule has 1 unspecified atom stereocenters. The summed E-state index contributed by atoms with van der Waals surface area (Å²) >= 11 is 7.25. The van der Waals surface area contributed by atoms with Gasteiger partial charge < -0.3 is 5.32 Å². The third-order valence-electron chi connectivity index (χ3n) is 5.63. The van der Waals surface area contributed by atoms with Gasteiger partial charge >= 0.3 is 0 Å². The number of carbonyl (C=O) groups is 1. The Morgan fingerprint density at radius 3 is 2.63 bits per heavy atom. The molecule has 0 saturated carbocycles. The van der Waals surface area contributed by atoms with Gasteiger partial charge in [-0.25, -0.2) is 4.98 Å². The highest BCUT2D eigenvalue weighted by molar-refractivity contribution is 8.00. The highest BCUT2D eigenvalue weighted by Crippen LogP contribution is 2.30. The first-order valence-electron chi connectivity index (χ1n) is 10.7. The lowest BCUT2D eigenvalue weighted by Gasteiger charge is -2.18. The minimum Gasteiger partial charge on any atom is -0.324 e. The quantitative estimate of drug-likeness (QED) is 0.155. The standard InChI is InChI=1S/C25H21ClN4O4S/c1-14-7-6-10-22(15(14)2)29-24(32)18-8-4-5-9-20(18)28-25(29)35-16(3)23(31)27-21-13-17(30(33)34)11-12-19(21)26/h4-13,16H,1-3H3,(H,27,31). The summed E-state index contributed by atoms with van der Waals surface area (Å²) in [6, 6.07) is 16.6. The van der Waals surface area contributed by atoms with Gasteiger partial charge in [0.25, 0.3) is 11.2 Å². The smallest absolute Gasteiger partial charge is 0.271 e. The minimum atomic E-state index is -0.699. The predicted octanol–water partition coefficient (Wildman–Crippen LogP) is 5.68. The van der Waals surface area contributed by atoms with Crippen LogP contribution in [0.3, 0.4) is 0 Å². The summed E-state index contributed by atoms with van der Waals surface area (Å²) < 4.78 is 1.53. The van der Waals surface area contributed by atoms with Crippen LogP contribution in [0.4, 0.5) is 11.4 Å². The molecule has 4 aromatic rings. The van der Waals surface area contributed by atoms with E-state index in [2.05, 4.69) is 5.32 Å². The number of halogens is 1. The second-order valence-electron chi connectivity index (χ2n) is 7.94. The van der Waals surface area contributed by atoms with E-state index in [-0.39, 0.29) is 22.0 Å². The van der Waals surface area contributed by atoms with Crippen LogP contribution in [0.1, 0.15) is 18.1 Å². The van der Waals surface area contributed by atoms with Gasteiger partial charge in [-0.05, 0) is 56.2 Å². The molecule has 35 heavy (non-hydrogen) atoms. The van der Waals surface area contributed by atoms with Crippen LogP contribution in [0.5, 0.6) is 0 Å². The molecule has 1 heterocycles. The van der Waals surface area contributed by atoms with Crippen LogP contribution >= 0.6 is 23.4 Å². The van der Waals surface area contributed by atoms with Crippen LogP contribution in [0.2, 0.25) is 5.02 Å². The highest BCUT2D eigenvalue weighted by atomic mass is 35.5. The maximum absolute atomic E-state index is 13.5. The molecule has 3 aromatic carbocycles. The van der Waals surface area contributed by atoms with E-state index < -0.39 is 16.1 Å². The lowest BCUT2D eigenvalue weighted by atomic mass is 10.1. The van der Waals surface area contributed by atoms with Gasteiger partial charge in [0, 0.05) is 12.1 Å². The number of anilines is 1. The number of non-ortho nitro benzene ring substituents is 1. The average Bonchev–Trinajstić information content (AvgIpc) is 2.82. The van der Waals surface area contributed by atoms with E-state index in [1.54, 1.807) is 31.2 Å². The fourth-order valence-corrected chi connectivity index (χ4v) is 4.64. The lowest BCUT2D eigenvalue weighted by molar-refractivity contribution is -0.384. The Hall–Kier alpha value is -3.69. The number of hydrogen-bond acceptors (Lipinski definition) is 6. The summed E-state index contributed by atoms with van der Waals surface area (Å²) in [5.74, 6) is -0.438. The number of nitrogens with one attached hydrogen (secondary N) is 1. The molecular weight excluding hydrogens is 488 g/mol. The number of para-hydroxylation sites is 1. The Morgan fingerprint density at radius 1 is 1.14 bits per heavy atom. The van der Waals surface area contributed by atoms with Crippen LogP contribution < -0.4 is 10.9 Å². The lowest BCUT2D eigenvalue weighted by Crippen LogP contribution is -2.26. The zero-order valence-corrected chi connectivity index (χ0v) is 20.7. The number of fused-ring (bicyclic) bond motifs is 1. The number of thioether (sulfide) groups is 1. The van der Waals surface area contributed by atoms with Crippen molar-refractivity contribution in [2.45, 2.75) is 31.2 Å². The zero-order chi connectivity index (χ0) is 25.3. The molecule has 1 amide bonds. The molecule has 1 aromatic heterocycles. The Morgan fingerprint density at radius 2 is 1.89 bits per heavy atom. The van der Waals surface area contributed by atoms with Gasteiger partial charge in [-0.2, -0.15) is 0 Å². The normalized spacial score (nSPS) is 11.9. The van der Waals surface area contributed by atoms with Crippen LogP contribution in [-0.4, -0.2) is 25.6 Å². The molecule has 1 N–H and O–H groups in total. The molecule has 0 fully saturated rings. The van der Waals surface area contributed by atoms with Crippen molar-refractivity contribution in [3.8, 4) is 5.69 Å². The fraction of sp³-hybridized carbons (Fsp3) is 0.160. The number of nitro benzene ring substituents is 1. The summed E-state index contributed by atoms with van der Waals surface area (Å²) in [7, 11) is 0. The highest BCUT2D eigenvalue weighted by Gasteiger charge is 2.22. The number of aryl methyl sites for hydroxylation is 1. The number of amides is 1. The first-order chi connectivity index (χ1) is 16.7. The van der Waals surface area contributed by atoms with E-state index in [1.165, 1.54) is 22.8 Å². The molecular formula is C25H21ClN4O4S. The SMILES string of the molecule is Cc1cccc(-n2c(SC(C)C(=O)Nc3cc([N+](=O)[O-])ccc3Cl)nc3ccccc3c2=O)c1C. The van der Waals surface area contributed by atoms with Gasteiger partial charge in [0.2, 0.25) is 5.91 Å². The van der Waals surface area contributed by atoms with Gasteiger partial charge in [0.15, 0.2) is 5.16 Å². The molecule has 0 aliphatic rings. The summed E-state index contributed by atoms with van der Waals surface area (Å²) in [6.07, 6.45) is 0. The predicted molar refractivity (Wildman–Crippen MR) is 139 cm³/mol. The third kappa shape index (κ3) is 4.91. The largest absolute Gasteiger partial charge is 0.324 e. The van der Waals surface area contributed by atoms with E-state index in [9.17, 15) is 19.7 Å². The second-order valence-corrected chi connectivity index (χ2v) is 9.66. The Kier molecular flexibility index (Phi) is 6.90. The number of aromatic nitrogens is 2. The molecule has 10 heteroatoms. The number of nitrogens with zero attached hydrogens (tertiary/aromatic N) is 3. The van der Waals surface area contributed by atoms with Gasteiger partial charge in [0.1, 0.15) is 0 Å². The maximum Gasteiger partial charge on any atom is 0.271 e. The van der Waals surface area contributed by atoms with Crippen LogP contribution in [0.25, 0.3) is 16.6 Å². The summed E-state index contributed by atoms with van der Waals surface area (Å²) in [5.41, 5.74) is 2.86. The first-order valence-corrected chi connectivity index (χ1v) is 11.9. The van der Waals surface area contributed by atoms with Crippen molar-refractivity contribution in [2.75, 3.05) is 5.32 Å². The van der Waals surface area contributed by atoms with Crippen molar-refractivity contribution in [3.05, 3.63) is 97.3 Å². The fourth-order valence-electron chi connectivity index (χ4n) is 3.55. The Bertz CT molecular complexity index is 1540. The van der Waals surface area contributed by atoms with Gasteiger partial charge in [-0.3, -0.25) is 24.3 Å². The molecule has 0 saturated heterocycles. The van der Waals surface area contributed by atoms with Crippen molar-refractivity contribution in [1.29, 1.82) is 0 Å². The molecule has 0 aliphatic heterocycles. The van der Waals surface area contributed by atoms with Crippen molar-refractivity contribution >= 4 is 51.5 Å². The molecule has 178 valence electrons. The van der Waals surface area contributed by atoms with Gasteiger partial charge in [-0.15, -0.1) is 0 Å². The molecule has 8 nitrogen and oxygen atoms in total. The molecule has 4 rings (SSSR count). The van der Waals surface area contributed by atoms with Crippen LogP contribution in [-0.2, 0) is 4.79 Å². The minimum absolute atomic E-state index is 0.136. The monoisotopic (exact) mass is 508 g/mol. The molecule has 0 aliphatic carbocycles. The van der Waals surface area contributed by atoms with Crippen LogP contribution in [0.15, 0.2) is 70.6 Å². The Balaban J connectivity index is 1.74. The van der Waals surface area contributed by atoms with Crippen molar-refractivity contribution in [2.24, 2.45) is 0 Å². The van der Waals surface area contributed by atoms with Gasteiger partial charge in [0.05, 0.1) is 37.5 Å². The first kappa shape index (κ1) is 24.4. The number of rotatable bonds is 6. The zero-order valence-electron chi connectivity index (χ0n) is 19.1. The van der Waals surface area contributed by atoms with Gasteiger partial charge in [-0.1, -0.05) is 47.6 Å².